The molecular weight excluding hydrogens is 379 g/mol. The van der Waals surface area contributed by atoms with Crippen molar-refractivity contribution in [3.8, 4) is 0 Å². The molecule has 2 aromatic rings. The van der Waals surface area contributed by atoms with Gasteiger partial charge < -0.3 is 10.2 Å². The molecule has 30 heavy (non-hydrogen) atoms. The van der Waals surface area contributed by atoms with E-state index in [-0.39, 0.29) is 30.6 Å². The molecule has 0 heterocycles. The molecule has 2 rings (SSSR count). The summed E-state index contributed by atoms with van der Waals surface area (Å²) < 4.78 is 14.2. The lowest BCUT2D eigenvalue weighted by molar-refractivity contribution is -0.140. The van der Waals surface area contributed by atoms with E-state index < -0.39 is 6.04 Å². The molecule has 4 nitrogen and oxygen atoms in total. The number of carbonyl (C=O) groups excluding carboxylic acids is 2. The van der Waals surface area contributed by atoms with Gasteiger partial charge in [0, 0.05) is 25.1 Å². The zero-order valence-electron chi connectivity index (χ0n) is 18.3. The number of hydrogen-bond acceptors (Lipinski definition) is 2. The highest BCUT2D eigenvalue weighted by Gasteiger charge is 2.26. The minimum absolute atomic E-state index is 0.0721. The lowest BCUT2D eigenvalue weighted by Gasteiger charge is -2.29. The highest BCUT2D eigenvalue weighted by atomic mass is 19.1. The predicted octanol–water partition coefficient (Wildman–Crippen LogP) is 4.65. The number of nitrogens with zero attached hydrogens (tertiary/aromatic N) is 1. The first-order valence-corrected chi connectivity index (χ1v) is 10.8. The van der Waals surface area contributed by atoms with Crippen molar-refractivity contribution in [2.75, 3.05) is 6.54 Å². The molecule has 0 bridgehead atoms. The molecule has 0 aliphatic carbocycles. The van der Waals surface area contributed by atoms with Gasteiger partial charge >= 0.3 is 0 Å². The molecule has 0 saturated carbocycles. The molecule has 0 aliphatic rings. The topological polar surface area (TPSA) is 49.4 Å². The van der Waals surface area contributed by atoms with Gasteiger partial charge in [0.1, 0.15) is 11.9 Å². The monoisotopic (exact) mass is 412 g/mol. The van der Waals surface area contributed by atoms with Gasteiger partial charge in [0.25, 0.3) is 0 Å². The lowest BCUT2D eigenvalue weighted by Crippen LogP contribution is -2.48. The summed E-state index contributed by atoms with van der Waals surface area (Å²) in [6, 6.07) is 13.9. The van der Waals surface area contributed by atoms with E-state index in [1.54, 1.807) is 25.1 Å². The molecule has 1 atom stereocenters. The molecule has 0 spiro atoms. The summed E-state index contributed by atoms with van der Waals surface area (Å²) in [5.41, 5.74) is 2.74. The molecular formula is C25H33FN2O2. The van der Waals surface area contributed by atoms with Crippen LogP contribution in [-0.4, -0.2) is 29.3 Å². The molecule has 1 N–H and O–H groups in total. The SMILES string of the molecule is CCCCNC(=O)[C@@H](C)N(Cc1ccccc1F)C(=O)CCc1ccc(CC)cc1. The molecule has 0 unspecified atom stereocenters. The molecule has 2 aromatic carbocycles. The number of amides is 2. The second-order valence-corrected chi connectivity index (χ2v) is 7.60. The van der Waals surface area contributed by atoms with Crippen LogP contribution in [0.15, 0.2) is 48.5 Å². The number of benzene rings is 2. The van der Waals surface area contributed by atoms with E-state index >= 15 is 0 Å². The van der Waals surface area contributed by atoms with Gasteiger partial charge in [-0.15, -0.1) is 0 Å². The Bertz CT molecular complexity index is 820. The lowest BCUT2D eigenvalue weighted by atomic mass is 10.0. The second kappa shape index (κ2) is 12.1. The van der Waals surface area contributed by atoms with E-state index in [2.05, 4.69) is 31.3 Å². The van der Waals surface area contributed by atoms with Crippen LogP contribution in [0.25, 0.3) is 0 Å². The van der Waals surface area contributed by atoms with Gasteiger partial charge in [0.05, 0.1) is 0 Å². The van der Waals surface area contributed by atoms with Crippen molar-refractivity contribution in [3.63, 3.8) is 0 Å². The van der Waals surface area contributed by atoms with Crippen LogP contribution in [0.1, 0.15) is 56.7 Å². The molecule has 0 aliphatic heterocycles. The standard InChI is InChI=1S/C25H33FN2O2/c1-4-6-17-27-25(30)19(3)28(18-22-9-7-8-10-23(22)26)24(29)16-15-21-13-11-20(5-2)12-14-21/h7-14,19H,4-6,15-18H2,1-3H3,(H,27,30)/t19-/m1/s1. The first kappa shape index (κ1) is 23.6. The third-order valence-electron chi connectivity index (χ3n) is 5.35. The third kappa shape index (κ3) is 6.97. The summed E-state index contributed by atoms with van der Waals surface area (Å²) in [4.78, 5) is 27.1. The van der Waals surface area contributed by atoms with Crippen LogP contribution < -0.4 is 5.32 Å². The minimum Gasteiger partial charge on any atom is -0.354 e. The zero-order valence-corrected chi connectivity index (χ0v) is 18.3. The average Bonchev–Trinajstić information content (AvgIpc) is 2.77. The van der Waals surface area contributed by atoms with Crippen LogP contribution in [0.2, 0.25) is 0 Å². The number of carbonyl (C=O) groups is 2. The van der Waals surface area contributed by atoms with Crippen LogP contribution in [0, 0.1) is 5.82 Å². The Kier molecular flexibility index (Phi) is 9.52. The van der Waals surface area contributed by atoms with Crippen molar-refractivity contribution in [2.24, 2.45) is 0 Å². The molecule has 0 saturated heterocycles. The Labute approximate surface area is 179 Å². The van der Waals surface area contributed by atoms with Gasteiger partial charge in [-0.05, 0) is 43.4 Å². The first-order chi connectivity index (χ1) is 14.5. The highest BCUT2D eigenvalue weighted by Crippen LogP contribution is 2.16. The average molecular weight is 413 g/mol. The Morgan fingerprint density at radius 1 is 1.03 bits per heavy atom. The van der Waals surface area contributed by atoms with Gasteiger partial charge in [0.2, 0.25) is 11.8 Å². The van der Waals surface area contributed by atoms with Gasteiger partial charge in [0.15, 0.2) is 0 Å². The van der Waals surface area contributed by atoms with Crippen molar-refractivity contribution in [1.82, 2.24) is 10.2 Å². The molecule has 162 valence electrons. The Morgan fingerprint density at radius 2 is 1.70 bits per heavy atom. The maximum atomic E-state index is 14.2. The number of hydrogen-bond donors (Lipinski definition) is 1. The van der Waals surface area contributed by atoms with Crippen molar-refractivity contribution >= 4 is 11.8 Å². The third-order valence-corrected chi connectivity index (χ3v) is 5.35. The van der Waals surface area contributed by atoms with Crippen LogP contribution in [-0.2, 0) is 29.0 Å². The molecule has 0 radical (unpaired) electrons. The fraction of sp³-hybridized carbons (Fsp3) is 0.440. The Balaban J connectivity index is 2.10. The molecule has 5 heteroatoms. The van der Waals surface area contributed by atoms with Gasteiger partial charge in [-0.2, -0.15) is 0 Å². The van der Waals surface area contributed by atoms with E-state index in [9.17, 15) is 14.0 Å². The smallest absolute Gasteiger partial charge is 0.242 e. The second-order valence-electron chi connectivity index (χ2n) is 7.60. The zero-order chi connectivity index (χ0) is 21.9. The van der Waals surface area contributed by atoms with Crippen LogP contribution >= 0.6 is 0 Å². The van der Waals surface area contributed by atoms with E-state index in [0.29, 0.717) is 18.5 Å². The number of halogens is 1. The summed E-state index contributed by atoms with van der Waals surface area (Å²) in [5, 5.41) is 2.88. The molecule has 0 fully saturated rings. The van der Waals surface area contributed by atoms with E-state index in [1.165, 1.54) is 16.5 Å². The van der Waals surface area contributed by atoms with E-state index in [1.807, 2.05) is 12.1 Å². The normalized spacial score (nSPS) is 11.7. The maximum absolute atomic E-state index is 14.2. The number of unbranched alkanes of at least 4 members (excludes halogenated alkanes) is 1. The Morgan fingerprint density at radius 3 is 2.33 bits per heavy atom. The summed E-state index contributed by atoms with van der Waals surface area (Å²) >= 11 is 0. The first-order valence-electron chi connectivity index (χ1n) is 10.8. The summed E-state index contributed by atoms with van der Waals surface area (Å²) in [6.45, 7) is 6.51. The van der Waals surface area contributed by atoms with Gasteiger partial charge in [-0.1, -0.05) is 62.7 Å². The fourth-order valence-electron chi connectivity index (χ4n) is 3.27. The summed E-state index contributed by atoms with van der Waals surface area (Å²) in [7, 11) is 0. The minimum atomic E-state index is -0.670. The predicted molar refractivity (Wildman–Crippen MR) is 118 cm³/mol. The van der Waals surface area contributed by atoms with E-state index in [4.69, 9.17) is 0 Å². The largest absolute Gasteiger partial charge is 0.354 e. The molecule has 0 aromatic heterocycles. The van der Waals surface area contributed by atoms with Crippen LogP contribution in [0.5, 0.6) is 0 Å². The quantitative estimate of drug-likeness (QED) is 0.546. The van der Waals surface area contributed by atoms with Crippen LogP contribution in [0.3, 0.4) is 0 Å². The fourth-order valence-corrected chi connectivity index (χ4v) is 3.27. The maximum Gasteiger partial charge on any atom is 0.242 e. The summed E-state index contributed by atoms with van der Waals surface area (Å²) in [5.74, 6) is -0.736. The van der Waals surface area contributed by atoms with Crippen molar-refractivity contribution in [2.45, 2.75) is 65.5 Å². The van der Waals surface area contributed by atoms with Crippen LogP contribution in [0.4, 0.5) is 4.39 Å². The summed E-state index contributed by atoms with van der Waals surface area (Å²) in [6.07, 6.45) is 3.68. The number of nitrogens with one attached hydrogen (secondary N) is 1. The van der Waals surface area contributed by atoms with Gasteiger partial charge in [-0.3, -0.25) is 9.59 Å². The highest BCUT2D eigenvalue weighted by molar-refractivity contribution is 5.87. The number of aryl methyl sites for hydroxylation is 2. The molecule has 2 amide bonds. The van der Waals surface area contributed by atoms with Crippen molar-refractivity contribution < 1.29 is 14.0 Å². The van der Waals surface area contributed by atoms with Crippen molar-refractivity contribution in [3.05, 3.63) is 71.0 Å². The van der Waals surface area contributed by atoms with E-state index in [0.717, 1.165) is 24.8 Å². The Hall–Kier alpha value is -2.69. The number of rotatable bonds is 11. The van der Waals surface area contributed by atoms with Gasteiger partial charge in [-0.25, -0.2) is 4.39 Å². The van der Waals surface area contributed by atoms with Crippen molar-refractivity contribution in [1.29, 1.82) is 0 Å².